The molecule has 0 saturated heterocycles. The van der Waals surface area contributed by atoms with Crippen molar-refractivity contribution in [2.75, 3.05) is 6.61 Å². The van der Waals surface area contributed by atoms with Gasteiger partial charge in [0.05, 0.1) is 23.2 Å². The smallest absolute Gasteiger partial charge is 0.253 e. The highest BCUT2D eigenvalue weighted by atomic mass is 35.5. The zero-order valence-electron chi connectivity index (χ0n) is 11.1. The molecule has 2 aromatic rings. The summed E-state index contributed by atoms with van der Waals surface area (Å²) in [5.41, 5.74) is 2.26. The second-order valence-electron chi connectivity index (χ2n) is 4.60. The van der Waals surface area contributed by atoms with E-state index in [4.69, 9.17) is 11.6 Å². The van der Waals surface area contributed by atoms with Gasteiger partial charge in [0, 0.05) is 0 Å². The first-order chi connectivity index (χ1) is 9.61. The Morgan fingerprint density at radius 3 is 2.55 bits per heavy atom. The summed E-state index contributed by atoms with van der Waals surface area (Å²) in [6, 6.07) is 14.1. The van der Waals surface area contributed by atoms with Gasteiger partial charge in [0.2, 0.25) is 0 Å². The minimum absolute atomic E-state index is 0.167. The average molecular weight is 290 g/mol. The number of aliphatic hydroxyl groups is 1. The van der Waals surface area contributed by atoms with Gasteiger partial charge >= 0.3 is 0 Å². The quantitative estimate of drug-likeness (QED) is 0.908. The molecule has 104 valence electrons. The first-order valence-electron chi connectivity index (χ1n) is 6.34. The fourth-order valence-electron chi connectivity index (χ4n) is 1.96. The van der Waals surface area contributed by atoms with Crippen LogP contribution in [0.3, 0.4) is 0 Å². The van der Waals surface area contributed by atoms with E-state index in [0.717, 1.165) is 11.1 Å². The van der Waals surface area contributed by atoms with Crippen molar-refractivity contribution < 1.29 is 9.90 Å². The molecule has 4 heteroatoms. The van der Waals surface area contributed by atoms with Crippen LogP contribution in [0.25, 0.3) is 0 Å². The van der Waals surface area contributed by atoms with E-state index in [2.05, 4.69) is 5.32 Å². The van der Waals surface area contributed by atoms with Gasteiger partial charge in [-0.3, -0.25) is 4.79 Å². The van der Waals surface area contributed by atoms with Gasteiger partial charge in [-0.15, -0.1) is 0 Å². The van der Waals surface area contributed by atoms with E-state index in [0.29, 0.717) is 10.6 Å². The molecule has 0 aliphatic heterocycles. The number of halogens is 1. The number of rotatable bonds is 4. The Morgan fingerprint density at radius 1 is 1.25 bits per heavy atom. The Bertz CT molecular complexity index is 599. The Balaban J connectivity index is 2.17. The Labute approximate surface area is 123 Å². The minimum atomic E-state index is -0.443. The van der Waals surface area contributed by atoms with E-state index in [-0.39, 0.29) is 12.5 Å². The van der Waals surface area contributed by atoms with Gasteiger partial charge in [-0.25, -0.2) is 0 Å². The van der Waals surface area contributed by atoms with Gasteiger partial charge in [0.1, 0.15) is 0 Å². The highest BCUT2D eigenvalue weighted by Gasteiger charge is 2.16. The molecule has 1 amide bonds. The van der Waals surface area contributed by atoms with Gasteiger partial charge in [0.15, 0.2) is 0 Å². The zero-order chi connectivity index (χ0) is 14.5. The van der Waals surface area contributed by atoms with Crippen molar-refractivity contribution in [3.63, 3.8) is 0 Å². The van der Waals surface area contributed by atoms with Crippen LogP contribution in [-0.2, 0) is 0 Å². The Kier molecular flexibility index (Phi) is 4.77. The van der Waals surface area contributed by atoms with E-state index in [9.17, 15) is 9.90 Å². The lowest BCUT2D eigenvalue weighted by Gasteiger charge is -2.17. The van der Waals surface area contributed by atoms with E-state index >= 15 is 0 Å². The van der Waals surface area contributed by atoms with E-state index in [1.807, 2.05) is 43.3 Å². The number of aliphatic hydroxyl groups excluding tert-OH is 1. The lowest BCUT2D eigenvalue weighted by Crippen LogP contribution is -2.30. The summed E-state index contributed by atoms with van der Waals surface area (Å²) in [5.74, 6) is -0.294. The fourth-order valence-corrected chi connectivity index (χ4v) is 2.28. The van der Waals surface area contributed by atoms with E-state index < -0.39 is 6.04 Å². The van der Waals surface area contributed by atoms with Crippen LogP contribution in [0.2, 0.25) is 5.02 Å². The van der Waals surface area contributed by atoms with Crippen LogP contribution >= 0.6 is 11.6 Å². The number of aryl methyl sites for hydroxylation is 1. The number of amides is 1. The highest BCUT2D eigenvalue weighted by molar-refractivity contribution is 6.33. The van der Waals surface area contributed by atoms with Gasteiger partial charge in [-0.2, -0.15) is 0 Å². The van der Waals surface area contributed by atoms with E-state index in [1.54, 1.807) is 12.1 Å². The third kappa shape index (κ3) is 3.38. The molecule has 1 unspecified atom stereocenters. The standard InChI is InChI=1S/C16H16ClNO2/c1-11-7-8-13(14(17)9-11)16(20)18-15(10-19)12-5-3-2-4-6-12/h2-9,15,19H,10H2,1H3,(H,18,20). The van der Waals surface area contributed by atoms with Crippen molar-refractivity contribution >= 4 is 17.5 Å². The first kappa shape index (κ1) is 14.6. The predicted octanol–water partition coefficient (Wildman–Crippen LogP) is 3.11. The summed E-state index contributed by atoms with van der Waals surface area (Å²) in [7, 11) is 0. The van der Waals surface area contributed by atoms with Crippen molar-refractivity contribution in [2.24, 2.45) is 0 Å². The normalized spacial score (nSPS) is 11.9. The Hall–Kier alpha value is -1.84. The molecule has 2 N–H and O–H groups in total. The summed E-state index contributed by atoms with van der Waals surface area (Å²) in [6.45, 7) is 1.74. The van der Waals surface area contributed by atoms with Crippen LogP contribution in [0.15, 0.2) is 48.5 Å². The van der Waals surface area contributed by atoms with Crippen LogP contribution in [0, 0.1) is 6.92 Å². The van der Waals surface area contributed by atoms with Gasteiger partial charge < -0.3 is 10.4 Å². The number of hydrogen-bond donors (Lipinski definition) is 2. The third-order valence-electron chi connectivity index (χ3n) is 3.06. The zero-order valence-corrected chi connectivity index (χ0v) is 11.9. The van der Waals surface area contributed by atoms with Crippen LogP contribution in [0.5, 0.6) is 0 Å². The number of hydrogen-bond acceptors (Lipinski definition) is 2. The number of benzene rings is 2. The van der Waals surface area contributed by atoms with Crippen molar-refractivity contribution in [1.29, 1.82) is 0 Å². The summed E-state index contributed by atoms with van der Waals surface area (Å²) in [6.07, 6.45) is 0. The summed E-state index contributed by atoms with van der Waals surface area (Å²) in [5, 5.41) is 12.6. The molecular weight excluding hydrogens is 274 g/mol. The molecular formula is C16H16ClNO2. The highest BCUT2D eigenvalue weighted by Crippen LogP contribution is 2.19. The molecule has 0 radical (unpaired) electrons. The van der Waals surface area contributed by atoms with Gasteiger partial charge in [-0.1, -0.05) is 48.0 Å². The number of nitrogens with one attached hydrogen (secondary N) is 1. The van der Waals surface area contributed by atoms with E-state index in [1.165, 1.54) is 0 Å². The molecule has 20 heavy (non-hydrogen) atoms. The number of carbonyl (C=O) groups is 1. The monoisotopic (exact) mass is 289 g/mol. The second kappa shape index (κ2) is 6.55. The van der Waals surface area contributed by atoms with Crippen LogP contribution in [0.1, 0.15) is 27.5 Å². The molecule has 0 aliphatic rings. The molecule has 3 nitrogen and oxygen atoms in total. The molecule has 0 bridgehead atoms. The molecule has 0 heterocycles. The summed E-state index contributed by atoms with van der Waals surface area (Å²) < 4.78 is 0. The largest absolute Gasteiger partial charge is 0.394 e. The van der Waals surface area contributed by atoms with Crippen molar-refractivity contribution in [1.82, 2.24) is 5.32 Å². The third-order valence-corrected chi connectivity index (χ3v) is 3.37. The Morgan fingerprint density at radius 2 is 1.95 bits per heavy atom. The molecule has 0 aromatic heterocycles. The topological polar surface area (TPSA) is 49.3 Å². The summed E-state index contributed by atoms with van der Waals surface area (Å²) in [4.78, 5) is 12.2. The minimum Gasteiger partial charge on any atom is -0.394 e. The van der Waals surface area contributed by atoms with Crippen molar-refractivity contribution in [3.8, 4) is 0 Å². The van der Waals surface area contributed by atoms with Gasteiger partial charge in [-0.05, 0) is 30.2 Å². The predicted molar refractivity (Wildman–Crippen MR) is 79.9 cm³/mol. The molecule has 1 atom stereocenters. The lowest BCUT2D eigenvalue weighted by atomic mass is 10.1. The van der Waals surface area contributed by atoms with Crippen LogP contribution < -0.4 is 5.32 Å². The maximum atomic E-state index is 12.2. The van der Waals surface area contributed by atoms with Crippen molar-refractivity contribution in [2.45, 2.75) is 13.0 Å². The second-order valence-corrected chi connectivity index (χ2v) is 5.01. The maximum absolute atomic E-state index is 12.2. The lowest BCUT2D eigenvalue weighted by molar-refractivity contribution is 0.0916. The molecule has 0 fully saturated rings. The SMILES string of the molecule is Cc1ccc(C(=O)NC(CO)c2ccccc2)c(Cl)c1. The van der Waals surface area contributed by atoms with Crippen LogP contribution in [-0.4, -0.2) is 17.6 Å². The molecule has 2 aromatic carbocycles. The summed E-state index contributed by atoms with van der Waals surface area (Å²) >= 11 is 6.07. The van der Waals surface area contributed by atoms with Gasteiger partial charge in [0.25, 0.3) is 5.91 Å². The molecule has 0 spiro atoms. The first-order valence-corrected chi connectivity index (χ1v) is 6.72. The maximum Gasteiger partial charge on any atom is 0.253 e. The molecule has 0 saturated carbocycles. The van der Waals surface area contributed by atoms with Crippen LogP contribution in [0.4, 0.5) is 0 Å². The fraction of sp³-hybridized carbons (Fsp3) is 0.188. The van der Waals surface area contributed by atoms with Crippen molar-refractivity contribution in [3.05, 3.63) is 70.2 Å². The average Bonchev–Trinajstić information content (AvgIpc) is 2.45. The molecule has 2 rings (SSSR count). The molecule has 0 aliphatic carbocycles. The number of carbonyl (C=O) groups excluding carboxylic acids is 1.